The first-order chi connectivity index (χ1) is 9.99. The molecule has 21 heavy (non-hydrogen) atoms. The molecule has 1 fully saturated rings. The normalized spacial score (nSPS) is 15.9. The van der Waals surface area contributed by atoms with Crippen LogP contribution in [0.5, 0.6) is 0 Å². The zero-order chi connectivity index (χ0) is 15.3. The first-order valence-electron chi connectivity index (χ1n) is 6.70. The number of carbonyl (C=O) groups is 1. The maximum absolute atomic E-state index is 12.0. The van der Waals surface area contributed by atoms with Crippen molar-refractivity contribution in [3.05, 3.63) is 24.3 Å². The van der Waals surface area contributed by atoms with Crippen LogP contribution in [0.4, 0.5) is 5.69 Å². The molecule has 116 valence electrons. The quantitative estimate of drug-likeness (QED) is 0.733. The lowest BCUT2D eigenvalue weighted by Crippen LogP contribution is -2.42. The Labute approximate surface area is 124 Å². The Bertz CT molecular complexity index is 580. The van der Waals surface area contributed by atoms with Crippen molar-refractivity contribution in [1.29, 1.82) is 0 Å². The van der Waals surface area contributed by atoms with Crippen molar-refractivity contribution in [2.75, 3.05) is 38.6 Å². The molecule has 7 nitrogen and oxygen atoms in total. The highest BCUT2D eigenvalue weighted by atomic mass is 32.2. The summed E-state index contributed by atoms with van der Waals surface area (Å²) in [6.07, 6.45) is 0.133. The summed E-state index contributed by atoms with van der Waals surface area (Å²) in [5.41, 5.74) is 6.01. The summed E-state index contributed by atoms with van der Waals surface area (Å²) >= 11 is 0. The number of carbonyl (C=O) groups excluding carboxylic acids is 1. The number of benzene rings is 1. The van der Waals surface area contributed by atoms with Crippen LogP contribution in [0.1, 0.15) is 6.42 Å². The van der Waals surface area contributed by atoms with Crippen molar-refractivity contribution in [3.63, 3.8) is 0 Å². The van der Waals surface area contributed by atoms with E-state index in [4.69, 9.17) is 10.5 Å². The summed E-state index contributed by atoms with van der Waals surface area (Å²) in [5, 5.41) is 0. The van der Waals surface area contributed by atoms with E-state index in [0.29, 0.717) is 32.0 Å². The van der Waals surface area contributed by atoms with Gasteiger partial charge in [-0.05, 0) is 24.3 Å². The molecule has 1 aliphatic heterocycles. The van der Waals surface area contributed by atoms with E-state index in [-0.39, 0.29) is 23.8 Å². The number of amides is 1. The summed E-state index contributed by atoms with van der Waals surface area (Å²) < 4.78 is 31.6. The minimum atomic E-state index is -3.60. The molecule has 1 aliphatic rings. The molecule has 1 aromatic carbocycles. The second kappa shape index (κ2) is 6.88. The van der Waals surface area contributed by atoms with Crippen molar-refractivity contribution in [3.8, 4) is 0 Å². The Morgan fingerprint density at radius 1 is 1.24 bits per heavy atom. The molecule has 0 atom stereocenters. The Balaban J connectivity index is 1.84. The second-order valence-electron chi connectivity index (χ2n) is 4.71. The maximum Gasteiger partial charge on any atom is 0.240 e. The molecule has 1 aromatic rings. The van der Waals surface area contributed by atoms with Crippen LogP contribution in [0.25, 0.3) is 0 Å². The zero-order valence-electron chi connectivity index (χ0n) is 11.6. The Hall–Kier alpha value is -1.64. The molecular weight excluding hydrogens is 294 g/mol. The van der Waals surface area contributed by atoms with Crippen molar-refractivity contribution in [2.24, 2.45) is 0 Å². The number of rotatable bonds is 5. The van der Waals surface area contributed by atoms with E-state index in [2.05, 4.69) is 4.72 Å². The summed E-state index contributed by atoms with van der Waals surface area (Å²) in [6, 6.07) is 5.91. The van der Waals surface area contributed by atoms with Gasteiger partial charge in [0.25, 0.3) is 0 Å². The molecule has 0 aliphatic carbocycles. The third-order valence-electron chi connectivity index (χ3n) is 3.19. The van der Waals surface area contributed by atoms with E-state index in [1.165, 1.54) is 24.3 Å². The van der Waals surface area contributed by atoms with Crippen molar-refractivity contribution < 1.29 is 17.9 Å². The van der Waals surface area contributed by atoms with Gasteiger partial charge in [0.15, 0.2) is 0 Å². The Kier molecular flexibility index (Phi) is 5.16. The highest BCUT2D eigenvalue weighted by molar-refractivity contribution is 7.89. The lowest BCUT2D eigenvalue weighted by Gasteiger charge is -2.26. The molecule has 0 spiro atoms. The first-order valence-corrected chi connectivity index (χ1v) is 8.18. The first kappa shape index (κ1) is 15.7. The predicted molar refractivity (Wildman–Crippen MR) is 78.1 cm³/mol. The van der Waals surface area contributed by atoms with Crippen molar-refractivity contribution >= 4 is 21.6 Å². The third kappa shape index (κ3) is 4.42. The molecule has 1 amide bonds. The lowest BCUT2D eigenvalue weighted by molar-refractivity contribution is -0.135. The molecule has 1 saturated heterocycles. The highest BCUT2D eigenvalue weighted by Gasteiger charge is 2.18. The molecule has 0 radical (unpaired) electrons. The van der Waals surface area contributed by atoms with Crippen LogP contribution in [0, 0.1) is 0 Å². The van der Waals surface area contributed by atoms with E-state index < -0.39 is 10.0 Å². The summed E-state index contributed by atoms with van der Waals surface area (Å²) in [5.74, 6) is -0.0710. The molecule has 0 saturated carbocycles. The number of hydrogen-bond donors (Lipinski definition) is 2. The number of sulfonamides is 1. The van der Waals surface area contributed by atoms with Gasteiger partial charge in [-0.2, -0.15) is 0 Å². The van der Waals surface area contributed by atoms with Gasteiger partial charge in [0.2, 0.25) is 15.9 Å². The molecular formula is C13H19N3O4S. The number of anilines is 1. The largest absolute Gasteiger partial charge is 0.399 e. The van der Waals surface area contributed by atoms with Gasteiger partial charge < -0.3 is 15.4 Å². The SMILES string of the molecule is Nc1ccc(S(=O)(=O)NCCC(=O)N2CCOCC2)cc1. The highest BCUT2D eigenvalue weighted by Crippen LogP contribution is 2.11. The molecule has 1 heterocycles. The van der Waals surface area contributed by atoms with Crippen LogP contribution >= 0.6 is 0 Å². The van der Waals surface area contributed by atoms with Crippen molar-refractivity contribution in [1.82, 2.24) is 9.62 Å². The van der Waals surface area contributed by atoms with Gasteiger partial charge in [-0.3, -0.25) is 4.79 Å². The molecule has 3 N–H and O–H groups in total. The third-order valence-corrected chi connectivity index (χ3v) is 4.66. The smallest absolute Gasteiger partial charge is 0.240 e. The number of hydrogen-bond acceptors (Lipinski definition) is 5. The number of nitrogens with two attached hydrogens (primary N) is 1. The van der Waals surface area contributed by atoms with Crippen LogP contribution in [-0.2, 0) is 19.6 Å². The van der Waals surface area contributed by atoms with Gasteiger partial charge in [-0.15, -0.1) is 0 Å². The molecule has 0 aromatic heterocycles. The number of nitrogens with one attached hydrogen (secondary N) is 1. The average molecular weight is 313 g/mol. The Morgan fingerprint density at radius 3 is 2.48 bits per heavy atom. The topological polar surface area (TPSA) is 102 Å². The zero-order valence-corrected chi connectivity index (χ0v) is 12.4. The van der Waals surface area contributed by atoms with Crippen LogP contribution < -0.4 is 10.5 Å². The number of nitrogens with zero attached hydrogens (tertiary/aromatic N) is 1. The maximum atomic E-state index is 12.0. The van der Waals surface area contributed by atoms with Gasteiger partial charge in [0, 0.05) is 31.7 Å². The fraction of sp³-hybridized carbons (Fsp3) is 0.462. The summed E-state index contributed by atoms with van der Waals surface area (Å²) in [6.45, 7) is 2.25. The van der Waals surface area contributed by atoms with E-state index in [1.54, 1.807) is 4.90 Å². The standard InChI is InChI=1S/C13H19N3O4S/c14-11-1-3-12(4-2-11)21(18,19)15-6-5-13(17)16-7-9-20-10-8-16/h1-4,15H,5-10,14H2. The monoisotopic (exact) mass is 313 g/mol. The van der Waals surface area contributed by atoms with Crippen LogP contribution in [0.2, 0.25) is 0 Å². The Morgan fingerprint density at radius 2 is 1.86 bits per heavy atom. The van der Waals surface area contributed by atoms with Crippen LogP contribution in [0.15, 0.2) is 29.2 Å². The molecule has 0 bridgehead atoms. The summed E-state index contributed by atoms with van der Waals surface area (Å²) in [4.78, 5) is 13.7. The number of morpholine rings is 1. The van der Waals surface area contributed by atoms with Crippen molar-refractivity contribution in [2.45, 2.75) is 11.3 Å². The van der Waals surface area contributed by atoms with E-state index in [1.807, 2.05) is 0 Å². The van der Waals surface area contributed by atoms with Gasteiger partial charge in [0.05, 0.1) is 18.1 Å². The molecule has 8 heteroatoms. The average Bonchev–Trinajstić information content (AvgIpc) is 2.48. The van der Waals surface area contributed by atoms with Gasteiger partial charge >= 0.3 is 0 Å². The predicted octanol–water partition coefficient (Wildman–Crippen LogP) is -0.204. The molecule has 0 unspecified atom stereocenters. The fourth-order valence-corrected chi connectivity index (χ4v) is 3.03. The van der Waals surface area contributed by atoms with E-state index in [9.17, 15) is 13.2 Å². The minimum Gasteiger partial charge on any atom is -0.399 e. The van der Waals surface area contributed by atoms with Crippen LogP contribution in [0.3, 0.4) is 0 Å². The van der Waals surface area contributed by atoms with Gasteiger partial charge in [-0.1, -0.05) is 0 Å². The number of ether oxygens (including phenoxy) is 1. The number of nitrogen functional groups attached to an aromatic ring is 1. The van der Waals surface area contributed by atoms with Gasteiger partial charge in [-0.25, -0.2) is 13.1 Å². The van der Waals surface area contributed by atoms with Crippen LogP contribution in [-0.4, -0.2) is 52.1 Å². The second-order valence-corrected chi connectivity index (χ2v) is 6.48. The van der Waals surface area contributed by atoms with E-state index >= 15 is 0 Å². The fourth-order valence-electron chi connectivity index (χ4n) is 1.99. The molecule has 2 rings (SSSR count). The lowest BCUT2D eigenvalue weighted by atomic mass is 10.3. The summed E-state index contributed by atoms with van der Waals surface area (Å²) in [7, 11) is -3.60. The van der Waals surface area contributed by atoms with Gasteiger partial charge in [0.1, 0.15) is 0 Å². The minimum absolute atomic E-state index is 0.0710. The van der Waals surface area contributed by atoms with E-state index in [0.717, 1.165) is 0 Å².